The second-order valence-electron chi connectivity index (χ2n) is 2.62. The average Bonchev–Trinajstić information content (AvgIpc) is 2.54. The van der Waals surface area contributed by atoms with Crippen LogP contribution < -0.4 is 10.5 Å². The Morgan fingerprint density at radius 1 is 1.50 bits per heavy atom. The van der Waals surface area contributed by atoms with Gasteiger partial charge in [-0.05, 0) is 37.9 Å². The van der Waals surface area contributed by atoms with Crippen LogP contribution in [0.25, 0.3) is 10.2 Å². The van der Waals surface area contributed by atoms with E-state index in [-0.39, 0.29) is 0 Å². The van der Waals surface area contributed by atoms with Crippen LogP contribution in [0.3, 0.4) is 0 Å². The van der Waals surface area contributed by atoms with Gasteiger partial charge in [0.15, 0.2) is 3.92 Å². The van der Waals surface area contributed by atoms with Gasteiger partial charge < -0.3 is 10.5 Å². The lowest BCUT2D eigenvalue weighted by atomic mass is 10.3. The molecule has 0 saturated carbocycles. The van der Waals surface area contributed by atoms with E-state index in [9.17, 15) is 0 Å². The van der Waals surface area contributed by atoms with E-state index in [0.29, 0.717) is 11.4 Å². The fourth-order valence-corrected chi connectivity index (χ4v) is 3.24. The van der Waals surface area contributed by atoms with Crippen molar-refractivity contribution < 1.29 is 4.74 Å². The van der Waals surface area contributed by atoms with Gasteiger partial charge in [-0.1, -0.05) is 0 Å². The summed E-state index contributed by atoms with van der Waals surface area (Å²) in [6, 6.07) is 1.82. The lowest BCUT2D eigenvalue weighted by molar-refractivity contribution is 0.417. The van der Waals surface area contributed by atoms with Crippen molar-refractivity contribution in [3.63, 3.8) is 0 Å². The lowest BCUT2D eigenvalue weighted by Crippen LogP contribution is -1.92. The fraction of sp³-hybridized carbons (Fsp3) is 0.125. The maximum Gasteiger partial charge on any atom is 0.160 e. The van der Waals surface area contributed by atoms with Gasteiger partial charge in [-0.3, -0.25) is 0 Å². The van der Waals surface area contributed by atoms with Crippen LogP contribution in [0.5, 0.6) is 5.75 Å². The fourth-order valence-electron chi connectivity index (χ4n) is 1.18. The van der Waals surface area contributed by atoms with E-state index >= 15 is 0 Å². The van der Waals surface area contributed by atoms with E-state index in [1.54, 1.807) is 7.11 Å². The Hall–Kier alpha value is -0.330. The Morgan fingerprint density at radius 2 is 2.21 bits per heavy atom. The van der Waals surface area contributed by atoms with Gasteiger partial charge in [0.2, 0.25) is 0 Å². The molecule has 1 aromatic carbocycles. The second kappa shape index (κ2) is 3.67. The molecular weight excluding hydrogens is 332 g/mol. The van der Waals surface area contributed by atoms with Crippen molar-refractivity contribution >= 4 is 59.1 Å². The SMILES string of the molecule is COc1cc(Br)c2nc(Br)sc2c1N. The summed E-state index contributed by atoms with van der Waals surface area (Å²) in [6.07, 6.45) is 0. The number of methoxy groups -OCH3 is 1. The van der Waals surface area contributed by atoms with Crippen molar-refractivity contribution in [2.45, 2.75) is 0 Å². The largest absolute Gasteiger partial charge is 0.495 e. The maximum absolute atomic E-state index is 5.92. The van der Waals surface area contributed by atoms with Crippen LogP contribution in [0.1, 0.15) is 0 Å². The van der Waals surface area contributed by atoms with Gasteiger partial charge in [0.1, 0.15) is 5.75 Å². The minimum Gasteiger partial charge on any atom is -0.495 e. The number of anilines is 1. The third-order valence-corrected chi connectivity index (χ3v) is 3.96. The molecule has 0 aliphatic carbocycles. The minimum absolute atomic E-state index is 0.633. The summed E-state index contributed by atoms with van der Waals surface area (Å²) >= 11 is 8.25. The number of nitrogen functional groups attached to an aromatic ring is 1. The Balaban J connectivity index is 2.86. The zero-order chi connectivity index (χ0) is 10.3. The monoisotopic (exact) mass is 336 g/mol. The standard InChI is InChI=1S/C8H6Br2N2OS/c1-13-4-2-3(9)6-7(5(4)11)14-8(10)12-6/h2H,11H2,1H3. The number of fused-ring (bicyclic) bond motifs is 1. The highest BCUT2D eigenvalue weighted by Crippen LogP contribution is 2.40. The van der Waals surface area contributed by atoms with Gasteiger partial charge in [-0.15, -0.1) is 11.3 Å². The molecule has 2 N–H and O–H groups in total. The van der Waals surface area contributed by atoms with E-state index in [2.05, 4.69) is 36.8 Å². The van der Waals surface area contributed by atoms with Crippen molar-refractivity contribution in [3.05, 3.63) is 14.5 Å². The van der Waals surface area contributed by atoms with Gasteiger partial charge in [0.25, 0.3) is 0 Å². The summed E-state index contributed by atoms with van der Waals surface area (Å²) < 4.78 is 7.79. The molecule has 0 spiro atoms. The molecule has 0 fully saturated rings. The van der Waals surface area contributed by atoms with E-state index < -0.39 is 0 Å². The normalized spacial score (nSPS) is 10.8. The number of hydrogen-bond donors (Lipinski definition) is 1. The second-order valence-corrected chi connectivity index (χ2v) is 5.75. The first kappa shape index (κ1) is 10.2. The average molecular weight is 338 g/mol. The molecule has 0 aliphatic heterocycles. The van der Waals surface area contributed by atoms with E-state index in [0.717, 1.165) is 18.6 Å². The van der Waals surface area contributed by atoms with Gasteiger partial charge in [0, 0.05) is 4.47 Å². The summed E-state index contributed by atoms with van der Waals surface area (Å²) in [7, 11) is 1.60. The number of thiazole rings is 1. The quantitative estimate of drug-likeness (QED) is 0.811. The molecule has 1 aromatic heterocycles. The Bertz CT molecular complexity index is 498. The summed E-state index contributed by atoms with van der Waals surface area (Å²) in [5.74, 6) is 0.667. The van der Waals surface area contributed by atoms with Crippen LogP contribution >= 0.6 is 43.2 Å². The number of rotatable bonds is 1. The van der Waals surface area contributed by atoms with Crippen LogP contribution in [-0.2, 0) is 0 Å². The highest BCUT2D eigenvalue weighted by molar-refractivity contribution is 9.11. The summed E-state index contributed by atoms with van der Waals surface area (Å²) in [5.41, 5.74) is 7.41. The Morgan fingerprint density at radius 3 is 2.86 bits per heavy atom. The van der Waals surface area contributed by atoms with E-state index in [4.69, 9.17) is 10.5 Å². The number of halogens is 2. The molecule has 0 radical (unpaired) electrons. The Kier molecular flexibility index (Phi) is 2.68. The van der Waals surface area contributed by atoms with Gasteiger partial charge >= 0.3 is 0 Å². The van der Waals surface area contributed by atoms with Crippen molar-refractivity contribution in [1.82, 2.24) is 4.98 Å². The zero-order valence-corrected chi connectivity index (χ0v) is 11.2. The van der Waals surface area contributed by atoms with Gasteiger partial charge in [-0.2, -0.15) is 0 Å². The molecule has 0 unspecified atom stereocenters. The van der Waals surface area contributed by atoms with Gasteiger partial charge in [-0.25, -0.2) is 4.98 Å². The molecule has 0 saturated heterocycles. The number of ether oxygens (including phenoxy) is 1. The van der Waals surface area contributed by atoms with Crippen molar-refractivity contribution in [2.24, 2.45) is 0 Å². The first-order chi connectivity index (χ1) is 6.63. The molecule has 0 aliphatic rings. The van der Waals surface area contributed by atoms with E-state index in [1.165, 1.54) is 11.3 Å². The van der Waals surface area contributed by atoms with Crippen LogP contribution in [-0.4, -0.2) is 12.1 Å². The number of nitrogens with two attached hydrogens (primary N) is 1. The zero-order valence-electron chi connectivity index (χ0n) is 7.17. The first-order valence-corrected chi connectivity index (χ1v) is 6.11. The topological polar surface area (TPSA) is 48.1 Å². The number of nitrogens with zero attached hydrogens (tertiary/aromatic N) is 1. The predicted octanol–water partition coefficient (Wildman–Crippen LogP) is 3.41. The number of benzene rings is 1. The Labute approximate surface area is 102 Å². The van der Waals surface area contributed by atoms with Crippen molar-refractivity contribution in [2.75, 3.05) is 12.8 Å². The molecule has 0 bridgehead atoms. The minimum atomic E-state index is 0.633. The highest BCUT2D eigenvalue weighted by atomic mass is 79.9. The molecule has 2 rings (SSSR count). The first-order valence-electron chi connectivity index (χ1n) is 3.71. The predicted molar refractivity (Wildman–Crippen MR) is 66.0 cm³/mol. The van der Waals surface area contributed by atoms with Crippen molar-refractivity contribution in [3.8, 4) is 5.75 Å². The molecule has 1 heterocycles. The number of hydrogen-bond acceptors (Lipinski definition) is 4. The molecule has 2 aromatic rings. The molecule has 3 nitrogen and oxygen atoms in total. The molecule has 74 valence electrons. The van der Waals surface area contributed by atoms with E-state index in [1.807, 2.05) is 6.07 Å². The third kappa shape index (κ3) is 1.51. The summed E-state index contributed by atoms with van der Waals surface area (Å²) in [4.78, 5) is 4.30. The highest BCUT2D eigenvalue weighted by Gasteiger charge is 2.13. The number of aromatic nitrogens is 1. The van der Waals surface area contributed by atoms with Crippen LogP contribution in [0.4, 0.5) is 5.69 Å². The van der Waals surface area contributed by atoms with Crippen molar-refractivity contribution in [1.29, 1.82) is 0 Å². The van der Waals surface area contributed by atoms with Gasteiger partial charge in [0.05, 0.1) is 23.0 Å². The third-order valence-electron chi connectivity index (χ3n) is 1.82. The molecule has 0 atom stereocenters. The maximum atomic E-state index is 5.92. The summed E-state index contributed by atoms with van der Waals surface area (Å²) in [5, 5.41) is 0. The van der Waals surface area contributed by atoms with Crippen LogP contribution in [0, 0.1) is 0 Å². The van der Waals surface area contributed by atoms with Crippen LogP contribution in [0.15, 0.2) is 14.5 Å². The molecular formula is C8H6Br2N2OS. The lowest BCUT2D eigenvalue weighted by Gasteiger charge is -2.05. The summed E-state index contributed by atoms with van der Waals surface area (Å²) in [6.45, 7) is 0. The molecule has 0 amide bonds. The molecule has 14 heavy (non-hydrogen) atoms. The molecule has 6 heteroatoms. The smallest absolute Gasteiger partial charge is 0.160 e. The van der Waals surface area contributed by atoms with Crippen LogP contribution in [0.2, 0.25) is 0 Å².